The van der Waals surface area contributed by atoms with Crippen LogP contribution in [0.1, 0.15) is 44.9 Å². The quantitative estimate of drug-likeness (QED) is 0.768. The van der Waals surface area contributed by atoms with E-state index in [0.717, 1.165) is 24.2 Å². The Morgan fingerprint density at radius 3 is 2.17 bits per heavy atom. The summed E-state index contributed by atoms with van der Waals surface area (Å²) < 4.78 is 33.3. The molecule has 4 nitrogen and oxygen atoms in total. The van der Waals surface area contributed by atoms with Crippen molar-refractivity contribution in [1.82, 2.24) is 4.72 Å². The van der Waals surface area contributed by atoms with E-state index < -0.39 is 10.0 Å². The summed E-state index contributed by atoms with van der Waals surface area (Å²) in [6.45, 7) is 1.09. The number of nitrogens with one attached hydrogen (secondary N) is 1. The van der Waals surface area contributed by atoms with Gasteiger partial charge in [0.25, 0.3) is 0 Å². The molecule has 4 aliphatic rings. The molecule has 4 fully saturated rings. The molecule has 1 aromatic carbocycles. The van der Waals surface area contributed by atoms with Crippen LogP contribution in [0.3, 0.4) is 0 Å². The maximum atomic E-state index is 12.2. The molecule has 4 aliphatic carbocycles. The van der Waals surface area contributed by atoms with Crippen molar-refractivity contribution >= 4 is 10.0 Å². The van der Waals surface area contributed by atoms with Crippen LogP contribution >= 0.6 is 0 Å². The monoisotopic (exact) mass is 349 g/mol. The van der Waals surface area contributed by atoms with E-state index in [1.807, 2.05) is 6.07 Å². The fourth-order valence-corrected chi connectivity index (χ4v) is 6.55. The lowest BCUT2D eigenvalue weighted by Crippen LogP contribution is -2.52. The van der Waals surface area contributed by atoms with Gasteiger partial charge in [-0.1, -0.05) is 18.2 Å². The zero-order valence-corrected chi connectivity index (χ0v) is 14.9. The highest BCUT2D eigenvalue weighted by molar-refractivity contribution is 7.89. The second kappa shape index (κ2) is 6.43. The molecule has 24 heavy (non-hydrogen) atoms. The summed E-state index contributed by atoms with van der Waals surface area (Å²) in [5, 5.41) is 0. The summed E-state index contributed by atoms with van der Waals surface area (Å²) in [6.07, 6.45) is 8.67. The van der Waals surface area contributed by atoms with E-state index >= 15 is 0 Å². The van der Waals surface area contributed by atoms with E-state index in [9.17, 15) is 8.42 Å². The fraction of sp³-hybridized carbons (Fsp3) is 0.684. The average molecular weight is 349 g/mol. The SMILES string of the molecule is O=S(=O)(NCCCOC12CC3CC(CC(C3)C1)C2)c1ccccc1. The molecule has 4 bridgehead atoms. The van der Waals surface area contributed by atoms with E-state index in [2.05, 4.69) is 4.72 Å². The second-order valence-electron chi connectivity index (χ2n) is 8.01. The minimum atomic E-state index is -3.39. The number of benzene rings is 1. The fourth-order valence-electron chi connectivity index (χ4n) is 5.46. The Balaban J connectivity index is 1.24. The van der Waals surface area contributed by atoms with Crippen molar-refractivity contribution in [2.75, 3.05) is 13.2 Å². The third kappa shape index (κ3) is 3.39. The molecule has 0 unspecified atom stereocenters. The number of ether oxygens (including phenoxy) is 1. The van der Waals surface area contributed by atoms with E-state index in [4.69, 9.17) is 4.74 Å². The van der Waals surface area contributed by atoms with Crippen molar-refractivity contribution in [1.29, 1.82) is 0 Å². The zero-order chi connectivity index (χ0) is 16.6. The molecule has 0 aromatic heterocycles. The molecule has 5 heteroatoms. The lowest BCUT2D eigenvalue weighted by Gasteiger charge is -2.56. The van der Waals surface area contributed by atoms with Crippen LogP contribution < -0.4 is 4.72 Å². The van der Waals surface area contributed by atoms with Crippen LogP contribution in [0, 0.1) is 17.8 Å². The normalized spacial score (nSPS) is 34.6. The summed E-state index contributed by atoms with van der Waals surface area (Å²) in [6, 6.07) is 8.54. The largest absolute Gasteiger partial charge is 0.375 e. The predicted molar refractivity (Wildman–Crippen MR) is 93.1 cm³/mol. The Labute approximate surface area is 145 Å². The first kappa shape index (κ1) is 16.6. The lowest BCUT2D eigenvalue weighted by molar-refractivity contribution is -0.162. The van der Waals surface area contributed by atoms with Gasteiger partial charge in [-0.2, -0.15) is 0 Å². The molecule has 0 saturated heterocycles. The Morgan fingerprint density at radius 1 is 1.00 bits per heavy atom. The Hall–Kier alpha value is -0.910. The Bertz CT molecular complexity index is 636. The Kier molecular flexibility index (Phi) is 4.43. The molecule has 4 saturated carbocycles. The highest BCUT2D eigenvalue weighted by Crippen LogP contribution is 2.57. The lowest BCUT2D eigenvalue weighted by atomic mass is 9.54. The van der Waals surface area contributed by atoms with Gasteiger partial charge in [-0.15, -0.1) is 0 Å². The van der Waals surface area contributed by atoms with Crippen LogP contribution in [0.25, 0.3) is 0 Å². The van der Waals surface area contributed by atoms with Crippen molar-refractivity contribution in [3.05, 3.63) is 30.3 Å². The zero-order valence-electron chi connectivity index (χ0n) is 14.1. The van der Waals surface area contributed by atoms with E-state index in [0.29, 0.717) is 18.0 Å². The molecular weight excluding hydrogens is 322 g/mol. The third-order valence-corrected chi connectivity index (χ3v) is 7.53. The van der Waals surface area contributed by atoms with E-state index in [1.54, 1.807) is 24.3 Å². The van der Waals surface area contributed by atoms with Gasteiger partial charge in [0.15, 0.2) is 0 Å². The maximum absolute atomic E-state index is 12.2. The molecule has 0 heterocycles. The molecule has 0 amide bonds. The number of hydrogen-bond acceptors (Lipinski definition) is 3. The van der Waals surface area contributed by atoms with Crippen molar-refractivity contribution in [3.8, 4) is 0 Å². The second-order valence-corrected chi connectivity index (χ2v) is 9.78. The van der Waals surface area contributed by atoms with Gasteiger partial charge < -0.3 is 4.74 Å². The molecular formula is C19H27NO3S. The van der Waals surface area contributed by atoms with Crippen LogP contribution in [0.5, 0.6) is 0 Å². The first-order valence-corrected chi connectivity index (χ1v) is 10.7. The molecule has 0 radical (unpaired) electrons. The Morgan fingerprint density at radius 2 is 1.58 bits per heavy atom. The van der Waals surface area contributed by atoms with Gasteiger partial charge in [0.2, 0.25) is 10.0 Å². The molecule has 5 rings (SSSR count). The number of rotatable bonds is 7. The molecule has 0 spiro atoms. The highest BCUT2D eigenvalue weighted by Gasteiger charge is 2.51. The highest BCUT2D eigenvalue weighted by atomic mass is 32.2. The summed E-state index contributed by atoms with van der Waals surface area (Å²) >= 11 is 0. The van der Waals surface area contributed by atoms with Crippen LogP contribution in [0.4, 0.5) is 0 Å². The van der Waals surface area contributed by atoms with Gasteiger partial charge in [0, 0.05) is 13.2 Å². The van der Waals surface area contributed by atoms with Gasteiger partial charge in [0.05, 0.1) is 10.5 Å². The average Bonchev–Trinajstić information content (AvgIpc) is 2.54. The summed E-state index contributed by atoms with van der Waals surface area (Å²) in [5.74, 6) is 2.65. The van der Waals surface area contributed by atoms with Crippen molar-refractivity contribution in [2.24, 2.45) is 17.8 Å². The number of sulfonamides is 1. The van der Waals surface area contributed by atoms with Crippen molar-refractivity contribution in [2.45, 2.75) is 55.4 Å². The van der Waals surface area contributed by atoms with E-state index in [1.165, 1.54) is 38.5 Å². The summed E-state index contributed by atoms with van der Waals surface area (Å²) in [7, 11) is -3.39. The van der Waals surface area contributed by atoms with Crippen LogP contribution in [-0.4, -0.2) is 27.2 Å². The van der Waals surface area contributed by atoms with Gasteiger partial charge in [-0.25, -0.2) is 13.1 Å². The third-order valence-electron chi connectivity index (χ3n) is 6.06. The molecule has 1 N–H and O–H groups in total. The van der Waals surface area contributed by atoms with Gasteiger partial charge in [-0.3, -0.25) is 0 Å². The summed E-state index contributed by atoms with van der Waals surface area (Å²) in [4.78, 5) is 0.326. The first-order chi connectivity index (χ1) is 11.5. The topological polar surface area (TPSA) is 55.4 Å². The molecule has 1 aromatic rings. The minimum absolute atomic E-state index is 0.118. The maximum Gasteiger partial charge on any atom is 0.240 e. The van der Waals surface area contributed by atoms with Gasteiger partial charge in [0.1, 0.15) is 0 Å². The van der Waals surface area contributed by atoms with E-state index in [-0.39, 0.29) is 5.60 Å². The molecule has 132 valence electrons. The van der Waals surface area contributed by atoms with Gasteiger partial charge in [-0.05, 0) is 74.8 Å². The molecule has 0 atom stereocenters. The predicted octanol–water partition coefficient (Wildman–Crippen LogP) is 3.34. The van der Waals surface area contributed by atoms with Crippen LogP contribution in [0.2, 0.25) is 0 Å². The van der Waals surface area contributed by atoms with Gasteiger partial charge >= 0.3 is 0 Å². The molecule has 0 aliphatic heterocycles. The van der Waals surface area contributed by atoms with Crippen LogP contribution in [0.15, 0.2) is 35.2 Å². The van der Waals surface area contributed by atoms with Crippen molar-refractivity contribution in [3.63, 3.8) is 0 Å². The summed E-state index contributed by atoms with van der Waals surface area (Å²) in [5.41, 5.74) is 0.118. The smallest absolute Gasteiger partial charge is 0.240 e. The minimum Gasteiger partial charge on any atom is -0.375 e. The standard InChI is InChI=1S/C19H27NO3S/c21-24(22,18-5-2-1-3-6-18)20-7-4-8-23-19-12-15-9-16(13-19)11-17(10-15)14-19/h1-3,5-6,15-17,20H,4,7-14H2. The van der Waals surface area contributed by atoms with Crippen molar-refractivity contribution < 1.29 is 13.2 Å². The number of hydrogen-bond donors (Lipinski definition) is 1. The first-order valence-electron chi connectivity index (χ1n) is 9.23. The van der Waals surface area contributed by atoms with Crippen LogP contribution in [-0.2, 0) is 14.8 Å².